The minimum absolute atomic E-state index is 0. The van der Waals surface area contributed by atoms with Crippen LogP contribution in [0.3, 0.4) is 0 Å². The van der Waals surface area contributed by atoms with Crippen molar-refractivity contribution in [3.63, 3.8) is 0 Å². The lowest BCUT2D eigenvalue weighted by Crippen LogP contribution is -1.27. The van der Waals surface area contributed by atoms with Gasteiger partial charge in [-0.05, 0) is 13.8 Å². The highest BCUT2D eigenvalue weighted by Crippen LogP contribution is 1.56. The fourth-order valence-electron chi connectivity index (χ4n) is 0. The lowest BCUT2D eigenvalue weighted by molar-refractivity contribution is 1.09. The second-order valence-electron chi connectivity index (χ2n) is 1.28. The highest BCUT2D eigenvalue weighted by molar-refractivity contribution is 4.73. The first-order valence-electron chi connectivity index (χ1n) is 8.81. The van der Waals surface area contributed by atoms with Gasteiger partial charge >= 0.3 is 0 Å². The van der Waals surface area contributed by atoms with Gasteiger partial charge in [-0.1, -0.05) is 87.0 Å². The summed E-state index contributed by atoms with van der Waals surface area (Å²) in [5.74, 6) is 4.50. The van der Waals surface area contributed by atoms with Crippen molar-refractivity contribution in [2.45, 2.75) is 101 Å². The van der Waals surface area contributed by atoms with Gasteiger partial charge in [-0.3, -0.25) is 0 Å². The Morgan fingerprint density at radius 2 is 0.727 bits per heavy atom. The smallest absolute Gasteiger partial charge is 0.124 e. The van der Waals surface area contributed by atoms with Gasteiger partial charge in [0.15, 0.2) is 0 Å². The van der Waals surface area contributed by atoms with E-state index < -0.39 is 0 Å². The third-order valence-corrected chi connectivity index (χ3v) is 0. The normalized spacial score (nSPS) is 5.09. The molecule has 0 aromatic heterocycles. The van der Waals surface area contributed by atoms with Crippen molar-refractivity contribution in [1.29, 1.82) is 0 Å². The highest BCUT2D eigenvalue weighted by Gasteiger charge is 1.35. The predicted molar refractivity (Wildman–Crippen MR) is 125 cm³/mol. The summed E-state index contributed by atoms with van der Waals surface area (Å²) < 4.78 is 46.7. The molecule has 0 atom stereocenters. The van der Waals surface area contributed by atoms with Crippen molar-refractivity contribution >= 4 is 0 Å². The summed E-state index contributed by atoms with van der Waals surface area (Å²) in [5, 5.41) is 0. The molecular weight excluding hydrogens is 264 g/mol. The second-order valence-corrected chi connectivity index (χ2v) is 1.28. The van der Waals surface area contributed by atoms with E-state index in [1.807, 2.05) is 0 Å². The van der Waals surface area contributed by atoms with Gasteiger partial charge in [-0.15, -0.1) is 50.3 Å². The first-order valence-corrected chi connectivity index (χ1v) is 3.57. The molecule has 0 heterocycles. The fourth-order valence-corrected chi connectivity index (χ4v) is 0. The zero-order chi connectivity index (χ0) is 21.7. The Morgan fingerprint density at radius 1 is 0.727 bits per heavy atom. The molecule has 0 aliphatic heterocycles. The summed E-state index contributed by atoms with van der Waals surface area (Å²) in [6.45, 7) is 7.56. The average Bonchev–Trinajstić information content (AvgIpc) is 2.45. The number of terminal acetylenes is 4. The van der Waals surface area contributed by atoms with Crippen LogP contribution in [-0.4, -0.2) is 0 Å². The van der Waals surface area contributed by atoms with E-state index in [2.05, 4.69) is 51.4 Å². The third kappa shape index (κ3) is 1750. The van der Waals surface area contributed by atoms with Crippen molar-refractivity contribution in [3.05, 3.63) is 0 Å². The van der Waals surface area contributed by atoms with Crippen molar-refractivity contribution in [1.82, 2.24) is 0 Å². The molecule has 0 saturated heterocycles. The standard InChI is InChI=1S/C3H8.2C3H4.2C2H2.9CH4/c3*1-3-2;2*1-2;;;;;;;;;/h3H2,1-2H3;2*1H,2H3;2*1-2H;9*1H4/i;;;2*1T;3*1T2;;;;;;. The molecule has 0 N–H and O–H groups in total. The summed E-state index contributed by atoms with van der Waals surface area (Å²) >= 11 is 0. The molecule has 0 saturated carbocycles. The Labute approximate surface area is 163 Å². The van der Waals surface area contributed by atoms with Gasteiger partial charge in [0.1, 0.15) is 2.74 Å². The van der Waals surface area contributed by atoms with Crippen LogP contribution in [0.4, 0.5) is 0 Å². The molecule has 22 heavy (non-hydrogen) atoms. The Morgan fingerprint density at radius 3 is 0.727 bits per heavy atom. The highest BCUT2D eigenvalue weighted by atomic mass is 13.4. The molecule has 0 rings (SSSR count). The number of rotatable bonds is 0. The van der Waals surface area contributed by atoms with Crippen LogP contribution in [0.5, 0.6) is 0 Å². The van der Waals surface area contributed by atoms with Crippen LogP contribution in [0.15, 0.2) is 0 Å². The Kier molecular flexibility index (Phi) is 6990. The Balaban J connectivity index is -0.00000000790. The summed E-state index contributed by atoms with van der Waals surface area (Å²) in [4.78, 5) is 0. The van der Waals surface area contributed by atoms with E-state index in [4.69, 9.17) is 11.0 Å². The predicted octanol–water partition coefficient (Wildman–Crippen LogP) is 8.92. The molecule has 0 radical (unpaired) electrons. The van der Waals surface area contributed by atoms with Crippen LogP contribution >= 0.6 is 0 Å². The number of hydrogen-bond acceptors (Lipinski definition) is 0. The fraction of sp³-hybridized carbons (Fsp3) is 0.636. The number of hydrogen-bond donors (Lipinski definition) is 0. The molecule has 0 nitrogen and oxygen atoms in total. The molecule has 0 bridgehead atoms. The van der Waals surface area contributed by atoms with E-state index in [1.165, 1.54) is 19.2 Å². The first kappa shape index (κ1) is 36.9. The molecule has 0 fully saturated rings. The summed E-state index contributed by atoms with van der Waals surface area (Å²) in [5.41, 5.74) is 0. The maximum Gasteiger partial charge on any atom is 0.124 e. The maximum atomic E-state index is 5.88. The zero-order valence-electron chi connectivity index (χ0n) is 19.1. The van der Waals surface area contributed by atoms with Gasteiger partial charge in [0, 0.05) is 8.22 Å². The van der Waals surface area contributed by atoms with Crippen molar-refractivity contribution in [2.24, 2.45) is 0 Å². The molecule has 0 spiro atoms. The second kappa shape index (κ2) is 4160. The summed E-state index contributed by atoms with van der Waals surface area (Å²) in [7, 11) is -0.750. The average molecular weight is 337 g/mol. The molecule has 0 heteroatoms. The largest absolute Gasteiger partial charge is 0.124 e. The van der Waals surface area contributed by atoms with E-state index in [0.29, 0.717) is 0 Å². The summed E-state index contributed by atoms with van der Waals surface area (Å²) in [6.07, 6.45) is 22.0. The van der Waals surface area contributed by atoms with Gasteiger partial charge in [-0.2, -0.15) is 0 Å². The molecule has 0 amide bonds. The van der Waals surface area contributed by atoms with Gasteiger partial charge in [0.2, 0.25) is 0 Å². The van der Waals surface area contributed by atoms with Gasteiger partial charge in [0.05, 0.1) is 0 Å². The lowest BCUT2D eigenvalue weighted by Gasteiger charge is -1.48. The maximum absolute atomic E-state index is 5.88. The van der Waals surface area contributed by atoms with E-state index >= 15 is 0 Å². The van der Waals surface area contributed by atoms with Crippen molar-refractivity contribution < 1.29 is 11.0 Å². The Bertz CT molecular complexity index is 200. The molecule has 0 aromatic rings. The molecule has 0 aliphatic carbocycles. The van der Waals surface area contributed by atoms with Crippen LogP contribution in [-0.2, 0) is 0 Å². The van der Waals surface area contributed by atoms with E-state index in [9.17, 15) is 0 Å². The SMILES string of the molecule is C.C.C.C.C.C.C#CC.C#CC.CCC.[3H]C#C.[3H]C#C.[3H]C[3H].[3H]C[3H].[3H]C[3H]. The van der Waals surface area contributed by atoms with Crippen molar-refractivity contribution in [3.8, 4) is 50.3 Å². The van der Waals surface area contributed by atoms with Gasteiger partial charge < -0.3 is 0 Å². The van der Waals surface area contributed by atoms with Crippen LogP contribution < -0.4 is 0 Å². The molecule has 0 aliphatic rings. The third-order valence-electron chi connectivity index (χ3n) is 0. The van der Waals surface area contributed by atoms with E-state index in [0.717, 1.165) is 0 Å². The Hall–Kier alpha value is -1.76. The molecular formula is C22H56. The van der Waals surface area contributed by atoms with Crippen LogP contribution in [0.1, 0.15) is 112 Å². The molecule has 144 valence electrons. The molecule has 0 unspecified atom stereocenters. The minimum Gasteiger partial charge on any atom is -0.124 e. The summed E-state index contributed by atoms with van der Waals surface area (Å²) in [6, 6.07) is 0. The first-order chi connectivity index (χ1) is 11.3. The van der Waals surface area contributed by atoms with Crippen molar-refractivity contribution in [2.75, 3.05) is 0 Å². The molecule has 0 aromatic carbocycles. The minimum atomic E-state index is -0.250. The topological polar surface area (TPSA) is 0 Å². The van der Waals surface area contributed by atoms with E-state index in [1.54, 1.807) is 13.8 Å². The van der Waals surface area contributed by atoms with Gasteiger partial charge in [-0.25, -0.2) is 0 Å². The van der Waals surface area contributed by atoms with E-state index in [-0.39, 0.29) is 66.7 Å². The van der Waals surface area contributed by atoms with Crippen LogP contribution in [0.2, 0.25) is 0 Å². The monoisotopic (exact) mass is 337 g/mol. The lowest BCUT2D eigenvalue weighted by atomic mass is 10.6. The van der Waals surface area contributed by atoms with Crippen LogP contribution in [0, 0.1) is 50.3 Å². The van der Waals surface area contributed by atoms with Gasteiger partial charge in [0.25, 0.3) is 0 Å². The van der Waals surface area contributed by atoms with Crippen LogP contribution in [0.25, 0.3) is 0 Å². The quantitative estimate of drug-likeness (QED) is 0.387. The zero-order valence-corrected chi connectivity index (χ0v) is 11.1.